The molecule has 6 rings (SSSR count). The molecule has 0 spiro atoms. The van der Waals surface area contributed by atoms with Crippen molar-refractivity contribution >= 4 is 100 Å². The van der Waals surface area contributed by atoms with Gasteiger partial charge in [-0.3, -0.25) is 48.8 Å². The fourth-order valence-electron chi connectivity index (χ4n) is 7.53. The zero-order valence-corrected chi connectivity index (χ0v) is 48.4. The largest absolute Gasteiger partial charge is 0.480 e. The second kappa shape index (κ2) is 28.4. The van der Waals surface area contributed by atoms with Gasteiger partial charge in [0.2, 0.25) is 17.7 Å². The lowest BCUT2D eigenvalue weighted by atomic mass is 10.1. The minimum atomic E-state index is -1.19. The van der Waals surface area contributed by atoms with Crippen LogP contribution in [0.15, 0.2) is 69.6 Å². The van der Waals surface area contributed by atoms with E-state index in [-0.39, 0.29) is 40.5 Å². The van der Waals surface area contributed by atoms with Gasteiger partial charge in [-0.1, -0.05) is 83.8 Å². The molecule has 20 nitrogen and oxygen atoms in total. The Morgan fingerprint density at radius 2 is 1.04 bits per heavy atom. The van der Waals surface area contributed by atoms with E-state index in [1.165, 1.54) is 16.9 Å². The number of benzene rings is 2. The van der Waals surface area contributed by atoms with E-state index in [0.29, 0.717) is 38.8 Å². The van der Waals surface area contributed by atoms with Crippen molar-refractivity contribution in [1.82, 2.24) is 51.5 Å². The van der Waals surface area contributed by atoms with Crippen molar-refractivity contribution in [1.29, 1.82) is 0 Å². The lowest BCUT2D eigenvalue weighted by molar-refractivity contribution is -0.149. The van der Waals surface area contributed by atoms with Crippen molar-refractivity contribution in [2.45, 2.75) is 155 Å². The monoisotopic (exact) mass is 1190 g/mol. The van der Waals surface area contributed by atoms with E-state index in [0.717, 1.165) is 42.1 Å². The number of nitrogens with one attached hydrogen (secondary N) is 6. The Morgan fingerprint density at radius 1 is 0.640 bits per heavy atom. The van der Waals surface area contributed by atoms with Gasteiger partial charge in [-0.05, 0) is 122 Å². The van der Waals surface area contributed by atoms with Crippen molar-refractivity contribution in [3.8, 4) is 0 Å². The number of amides is 5. The van der Waals surface area contributed by atoms with Crippen LogP contribution in [0.4, 0.5) is 0 Å². The number of nitrogens with zero attached hydrogens (tertiary/aromatic N) is 4. The number of aromatic nitrogens is 2. The standard InChI is InChI=1S/C24H32BrN5O4.C15H19BrN2OS.C13H23N3O5/c1-13(2)21(31)23(33)27-15(4)24(34)30-11-5-6-19(29-30)22(32)26-14(3)18-10-8-16-7-9-17(25)12-20(16)28-18;1-10(18-20(19)15(2,3)4)13-8-6-11-5-7-12(16)9-14(11)17-13;1-7(2)10(17)11(18)14-8(3)12(19)16-6-4-5-9(15-16)13(20)21/h7-10,12-15,19,21,29,31H,5-6,11H2,1-4H3,(H,26,32)(H,27,33);5-10,18H,1-4H3;7-10,15,17H,4-6H2,1-3H3,(H,14,18)(H,20,21)/t14-,15+,19+,21+;10-,20?;8-,9-,10-/m110/s1. The first-order chi connectivity index (χ1) is 35.1. The Bertz CT molecular complexity index is 2680. The molecule has 2 fully saturated rings. The van der Waals surface area contributed by atoms with Gasteiger partial charge in [0.15, 0.2) is 0 Å². The molecule has 0 bridgehead atoms. The number of carbonyl (C=O) groups excluding carboxylic acids is 5. The molecule has 2 aromatic heterocycles. The van der Waals surface area contributed by atoms with Crippen molar-refractivity contribution in [3.63, 3.8) is 0 Å². The first-order valence-electron chi connectivity index (χ1n) is 25.0. The summed E-state index contributed by atoms with van der Waals surface area (Å²) in [7, 11) is -1.11. The summed E-state index contributed by atoms with van der Waals surface area (Å²) in [5.41, 5.74) is 9.02. The SMILES string of the molecule is CC(C)[C@H](O)C(=O)N[C@@H](C)C(=O)N1CCC[C@@H](C(=O)N[C@H](C)c2ccc3ccc(Br)cc3n2)N1.CC(C)[C@H](O)C(=O)N[C@@H](C)C(=O)N1CCC[C@@H](C(=O)O)N1.C[C@@H](NS(=O)C(C)(C)C)c1ccc2ccc(Br)cc2n1. The van der Waals surface area contributed by atoms with Gasteiger partial charge in [0.25, 0.3) is 11.8 Å². The molecule has 2 saturated heterocycles. The molecule has 75 heavy (non-hydrogen) atoms. The van der Waals surface area contributed by atoms with Crippen LogP contribution in [0, 0.1) is 11.8 Å². The van der Waals surface area contributed by atoms with Crippen molar-refractivity contribution < 1.29 is 48.3 Å². The zero-order valence-electron chi connectivity index (χ0n) is 44.4. The summed E-state index contributed by atoms with van der Waals surface area (Å²) in [5.74, 6) is -3.75. The number of carboxylic acid groups (broad SMARTS) is 1. The number of hydrogen-bond donors (Lipinski definition) is 9. The molecule has 4 heterocycles. The smallest absolute Gasteiger partial charge is 0.322 e. The lowest BCUT2D eigenvalue weighted by Crippen LogP contribution is -2.61. The highest BCUT2D eigenvalue weighted by atomic mass is 79.9. The van der Waals surface area contributed by atoms with Crippen LogP contribution in [-0.2, 0) is 39.8 Å². The maximum Gasteiger partial charge on any atom is 0.322 e. The van der Waals surface area contributed by atoms with Crippen LogP contribution in [0.3, 0.4) is 0 Å². The van der Waals surface area contributed by atoms with E-state index in [1.807, 2.05) is 95.3 Å². The molecule has 2 aliphatic rings. The molecule has 4 aromatic rings. The summed E-state index contributed by atoms with van der Waals surface area (Å²) >= 11 is 6.91. The summed E-state index contributed by atoms with van der Waals surface area (Å²) in [6.45, 7) is 20.4. The lowest BCUT2D eigenvalue weighted by Gasteiger charge is -2.35. The molecule has 2 aliphatic heterocycles. The molecular formula is C52H74Br2N10O10S. The highest BCUT2D eigenvalue weighted by Crippen LogP contribution is 2.24. The zero-order chi connectivity index (χ0) is 56.1. The number of hydrazine groups is 2. The number of aliphatic hydroxyl groups is 2. The van der Waals surface area contributed by atoms with Crippen LogP contribution in [0.25, 0.3) is 21.8 Å². The molecule has 0 aliphatic carbocycles. The number of carboxylic acids is 1. The van der Waals surface area contributed by atoms with Crippen LogP contribution in [0.5, 0.6) is 0 Å². The molecule has 1 unspecified atom stereocenters. The molecule has 0 saturated carbocycles. The number of fused-ring (bicyclic) bond motifs is 2. The normalized spacial score (nSPS) is 18.7. The van der Waals surface area contributed by atoms with Crippen LogP contribution >= 0.6 is 31.9 Å². The molecule has 23 heteroatoms. The van der Waals surface area contributed by atoms with E-state index in [4.69, 9.17) is 5.11 Å². The molecule has 9 N–H and O–H groups in total. The van der Waals surface area contributed by atoms with Crippen molar-refractivity contribution in [2.24, 2.45) is 11.8 Å². The summed E-state index contributed by atoms with van der Waals surface area (Å²) in [6, 6.07) is 16.3. The second-order valence-corrected chi connectivity index (χ2v) is 24.2. The number of hydrogen-bond acceptors (Lipinski definition) is 13. The average molecular weight is 1190 g/mol. The average Bonchev–Trinajstić information content (AvgIpc) is 3.36. The quantitative estimate of drug-likeness (QED) is 0.0722. The number of pyridine rings is 2. The molecule has 2 aromatic carbocycles. The third-order valence-electron chi connectivity index (χ3n) is 12.2. The van der Waals surface area contributed by atoms with Crippen LogP contribution in [0.1, 0.15) is 125 Å². The molecular weight excluding hydrogens is 1120 g/mol. The number of rotatable bonds is 15. The third-order valence-corrected chi connectivity index (χ3v) is 14.9. The van der Waals surface area contributed by atoms with Gasteiger partial charge in [0.05, 0.1) is 50.2 Å². The van der Waals surface area contributed by atoms with Gasteiger partial charge in [-0.25, -0.2) is 19.8 Å². The topological polar surface area (TPSA) is 285 Å². The number of aliphatic hydroxyl groups excluding tert-OH is 2. The van der Waals surface area contributed by atoms with Crippen LogP contribution < -0.4 is 31.5 Å². The van der Waals surface area contributed by atoms with E-state index < -0.39 is 71.1 Å². The van der Waals surface area contributed by atoms with Crippen molar-refractivity contribution in [2.75, 3.05) is 13.1 Å². The van der Waals surface area contributed by atoms with Crippen LogP contribution in [-0.4, -0.2) is 129 Å². The van der Waals surface area contributed by atoms with E-state index in [2.05, 4.69) is 73.4 Å². The molecule has 5 amide bonds. The van der Waals surface area contributed by atoms with Crippen molar-refractivity contribution in [3.05, 3.63) is 81.0 Å². The van der Waals surface area contributed by atoms with Crippen LogP contribution in [0.2, 0.25) is 0 Å². The molecule has 0 radical (unpaired) electrons. The van der Waals surface area contributed by atoms with E-state index in [1.54, 1.807) is 34.6 Å². The number of carbonyl (C=O) groups is 6. The maximum atomic E-state index is 12.9. The predicted octanol–water partition coefficient (Wildman–Crippen LogP) is 5.39. The number of halogens is 2. The Balaban J connectivity index is 0.000000257. The Kier molecular flexibility index (Phi) is 23.7. The summed E-state index contributed by atoms with van der Waals surface area (Å²) in [4.78, 5) is 81.9. The van der Waals surface area contributed by atoms with Gasteiger partial charge >= 0.3 is 5.97 Å². The van der Waals surface area contributed by atoms with E-state index >= 15 is 0 Å². The number of aliphatic carboxylic acids is 1. The Morgan fingerprint density at radius 3 is 1.45 bits per heavy atom. The molecule has 412 valence electrons. The van der Waals surface area contributed by atoms with Gasteiger partial charge in [0.1, 0.15) is 36.4 Å². The Hall–Kier alpha value is -5.01. The summed E-state index contributed by atoms with van der Waals surface area (Å²) in [5, 5.41) is 41.1. The predicted molar refractivity (Wildman–Crippen MR) is 295 cm³/mol. The van der Waals surface area contributed by atoms with Gasteiger partial charge in [-0.2, -0.15) is 0 Å². The minimum absolute atomic E-state index is 0.0570. The van der Waals surface area contributed by atoms with Gasteiger partial charge < -0.3 is 31.3 Å². The summed E-state index contributed by atoms with van der Waals surface area (Å²) in [6.07, 6.45) is -0.122. The fraction of sp³-hybridized carbons (Fsp3) is 0.538. The highest BCUT2D eigenvalue weighted by Gasteiger charge is 2.34. The summed E-state index contributed by atoms with van der Waals surface area (Å²) < 4.78 is 16.9. The third kappa shape index (κ3) is 18.6. The minimum Gasteiger partial charge on any atom is -0.480 e. The Labute approximate surface area is 458 Å². The first kappa shape index (κ1) is 62.5. The van der Waals surface area contributed by atoms with E-state index in [9.17, 15) is 43.2 Å². The maximum absolute atomic E-state index is 12.9. The highest BCUT2D eigenvalue weighted by molar-refractivity contribution is 9.10. The second-order valence-electron chi connectivity index (χ2n) is 20.4. The van der Waals surface area contributed by atoms with Gasteiger partial charge in [0, 0.05) is 32.8 Å². The fourth-order valence-corrected chi connectivity index (χ4v) is 9.03. The first-order valence-corrected chi connectivity index (χ1v) is 27.8. The molecule has 9 atom stereocenters. The van der Waals surface area contributed by atoms with Gasteiger partial charge in [-0.15, -0.1) is 0 Å².